The molecule has 4 aromatic rings. The van der Waals surface area contributed by atoms with Crippen LogP contribution in [0.5, 0.6) is 17.2 Å². The number of nitrogens with zero attached hydrogens (tertiary/aromatic N) is 4. The number of hydrogen-bond donors (Lipinski definition) is 2. The molecule has 14 nitrogen and oxygen atoms in total. The standard InChI is InChI=1S/C14H17N3O2S.C8H9NO3S.C7H8N2O3/c1-19-13-5-10-3-4-17(8-11-7-15-9-16-11)12(10)6-14(13)20(2)18;1-12-7-4-3-6(9(10)11)5-8(7)13-2;1-12-7-3-2-5(9(10)11)4-6(7)8/h5-7,9H,3-4,8H2,1-2H3,(H,15,16);3-5H,1-2H3;2-4H,8H2,1H3. The molecule has 0 aliphatic carbocycles. The summed E-state index contributed by atoms with van der Waals surface area (Å²) in [5.74, 6) is 1.83. The summed E-state index contributed by atoms with van der Waals surface area (Å²) >= 11 is 1.42. The van der Waals surface area contributed by atoms with Crippen LogP contribution in [0.1, 0.15) is 11.3 Å². The van der Waals surface area contributed by atoms with Gasteiger partial charge in [-0.1, -0.05) is 0 Å². The van der Waals surface area contributed by atoms with E-state index in [2.05, 4.69) is 14.9 Å². The molecule has 1 aromatic heterocycles. The third-order valence-electron chi connectivity index (χ3n) is 6.58. The van der Waals surface area contributed by atoms with E-state index in [1.165, 1.54) is 54.8 Å². The second kappa shape index (κ2) is 16.3. The van der Waals surface area contributed by atoms with E-state index in [0.717, 1.165) is 40.7 Å². The number of anilines is 2. The quantitative estimate of drug-likeness (QED) is 0.103. The number of imidazole rings is 1. The predicted octanol–water partition coefficient (Wildman–Crippen LogP) is 5.23. The predicted molar refractivity (Wildman–Crippen MR) is 174 cm³/mol. The van der Waals surface area contributed by atoms with Crippen molar-refractivity contribution in [2.45, 2.75) is 22.8 Å². The molecular weight excluding hydrogens is 624 g/mol. The second-order valence-corrected chi connectivity index (χ2v) is 11.5. The van der Waals surface area contributed by atoms with Gasteiger partial charge in [0.1, 0.15) is 17.2 Å². The number of nitrogens with one attached hydrogen (secondary N) is 1. The summed E-state index contributed by atoms with van der Waals surface area (Å²) in [6.45, 7) is 1.74. The number of non-ortho nitro benzene ring substituents is 2. The number of rotatable bonds is 9. The number of hydrogen-bond acceptors (Lipinski definition) is 12. The van der Waals surface area contributed by atoms with Crippen molar-refractivity contribution in [1.82, 2.24) is 9.97 Å². The molecule has 0 saturated heterocycles. The van der Waals surface area contributed by atoms with Gasteiger partial charge < -0.3 is 29.8 Å². The smallest absolute Gasteiger partial charge is 0.271 e. The van der Waals surface area contributed by atoms with Gasteiger partial charge in [0.15, 0.2) is 0 Å². The van der Waals surface area contributed by atoms with Crippen LogP contribution >= 0.6 is 11.8 Å². The molecule has 0 saturated carbocycles. The van der Waals surface area contributed by atoms with Crippen molar-refractivity contribution in [3.05, 3.63) is 92.5 Å². The molecule has 1 aliphatic heterocycles. The topological polar surface area (TPSA) is 189 Å². The van der Waals surface area contributed by atoms with Gasteiger partial charge in [-0.05, 0) is 42.5 Å². The average Bonchev–Trinajstić information content (AvgIpc) is 3.70. The zero-order valence-corrected chi connectivity index (χ0v) is 27.0. The second-order valence-electron chi connectivity index (χ2n) is 9.31. The summed E-state index contributed by atoms with van der Waals surface area (Å²) in [6.07, 6.45) is 8.03. The fourth-order valence-corrected chi connectivity index (χ4v) is 5.66. The van der Waals surface area contributed by atoms with Crippen molar-refractivity contribution in [1.29, 1.82) is 0 Å². The number of nitrogen functional groups attached to an aromatic ring is 1. The van der Waals surface area contributed by atoms with E-state index in [-0.39, 0.29) is 17.1 Å². The Balaban J connectivity index is 0.000000194. The number of nitro groups is 2. The Bertz CT molecular complexity index is 1650. The maximum absolute atomic E-state index is 11.8. The minimum Gasteiger partial charge on any atom is -0.496 e. The van der Waals surface area contributed by atoms with Crippen molar-refractivity contribution in [2.24, 2.45) is 0 Å². The number of ether oxygens (including phenoxy) is 3. The first-order chi connectivity index (χ1) is 21.5. The van der Waals surface area contributed by atoms with Crippen LogP contribution in [0.4, 0.5) is 22.7 Å². The number of fused-ring (bicyclic) bond motifs is 1. The Hall–Kier alpha value is -4.83. The third-order valence-corrected chi connectivity index (χ3v) is 8.28. The van der Waals surface area contributed by atoms with Crippen LogP contribution < -0.4 is 24.8 Å². The Kier molecular flexibility index (Phi) is 12.6. The summed E-state index contributed by atoms with van der Waals surface area (Å²) in [7, 11) is 3.56. The number of H-pyrrole nitrogens is 1. The molecule has 0 amide bonds. The maximum Gasteiger partial charge on any atom is 0.271 e. The van der Waals surface area contributed by atoms with E-state index in [1.54, 1.807) is 32.9 Å². The summed E-state index contributed by atoms with van der Waals surface area (Å²) in [4.78, 5) is 30.7. The lowest BCUT2D eigenvalue weighted by molar-refractivity contribution is -0.385. The minimum atomic E-state index is -1.06. The number of nitrogens with two attached hydrogens (primary N) is 1. The van der Waals surface area contributed by atoms with E-state index in [1.807, 2.05) is 24.6 Å². The van der Waals surface area contributed by atoms with Gasteiger partial charge in [-0.25, -0.2) is 4.98 Å². The minimum absolute atomic E-state index is 0.0340. The van der Waals surface area contributed by atoms with Crippen molar-refractivity contribution in [3.63, 3.8) is 0 Å². The van der Waals surface area contributed by atoms with E-state index < -0.39 is 20.6 Å². The number of methoxy groups -OCH3 is 3. The molecule has 2 heterocycles. The zero-order valence-electron chi connectivity index (χ0n) is 25.3. The van der Waals surface area contributed by atoms with Crippen LogP contribution in [-0.2, 0) is 23.8 Å². The summed E-state index contributed by atoms with van der Waals surface area (Å²) in [5, 5.41) is 20.7. The molecule has 0 bridgehead atoms. The molecule has 1 unspecified atom stereocenters. The molecule has 3 N–H and O–H groups in total. The molecule has 1 aliphatic rings. The first-order valence-electron chi connectivity index (χ1n) is 13.2. The molecule has 5 rings (SSSR count). The maximum atomic E-state index is 11.8. The first kappa shape index (κ1) is 34.7. The van der Waals surface area contributed by atoms with Gasteiger partial charge in [0.05, 0.1) is 76.0 Å². The summed E-state index contributed by atoms with van der Waals surface area (Å²) in [6, 6.07) is 12.6. The highest BCUT2D eigenvalue weighted by Gasteiger charge is 2.23. The monoisotopic (exact) mass is 658 g/mol. The SMILES string of the molecule is COc1cc2c(cc1S(C)=O)N(Cc1cnc[nH]1)CC2.COc1ccc([N+](=O)[O-])cc1N.COc1ccc([N+](=O)[O-])cc1SC. The van der Waals surface area contributed by atoms with Gasteiger partial charge >= 0.3 is 0 Å². The zero-order chi connectivity index (χ0) is 33.1. The van der Waals surface area contributed by atoms with Gasteiger partial charge in [-0.15, -0.1) is 11.8 Å². The molecule has 3 aromatic carbocycles. The van der Waals surface area contributed by atoms with Crippen LogP contribution in [0.25, 0.3) is 0 Å². The molecule has 0 spiro atoms. The molecule has 0 radical (unpaired) electrons. The summed E-state index contributed by atoms with van der Waals surface area (Å²) < 4.78 is 27.0. The van der Waals surface area contributed by atoms with Crippen LogP contribution in [0.15, 0.2) is 70.8 Å². The van der Waals surface area contributed by atoms with Crippen molar-refractivity contribution in [2.75, 3.05) is 51.0 Å². The molecule has 240 valence electrons. The molecule has 0 fully saturated rings. The molecule has 45 heavy (non-hydrogen) atoms. The lowest BCUT2D eigenvalue weighted by Crippen LogP contribution is -2.20. The first-order valence-corrected chi connectivity index (χ1v) is 16.0. The molecule has 16 heteroatoms. The van der Waals surface area contributed by atoms with Crippen molar-refractivity contribution >= 4 is 45.3 Å². The number of nitro benzene ring substituents is 2. The highest BCUT2D eigenvalue weighted by Crippen LogP contribution is 2.36. The average molecular weight is 659 g/mol. The van der Waals surface area contributed by atoms with E-state index in [9.17, 15) is 24.4 Å². The number of benzene rings is 3. The van der Waals surface area contributed by atoms with E-state index in [0.29, 0.717) is 17.2 Å². The lowest BCUT2D eigenvalue weighted by Gasteiger charge is -2.19. The van der Waals surface area contributed by atoms with Crippen LogP contribution in [0.2, 0.25) is 0 Å². The fraction of sp³-hybridized carbons (Fsp3) is 0.276. The van der Waals surface area contributed by atoms with Crippen LogP contribution in [-0.4, -0.2) is 64.4 Å². The largest absolute Gasteiger partial charge is 0.496 e. The number of aromatic amines is 1. The normalized spacial score (nSPS) is 12.1. The van der Waals surface area contributed by atoms with Crippen molar-refractivity contribution in [3.8, 4) is 17.2 Å². The van der Waals surface area contributed by atoms with Gasteiger partial charge in [0, 0.05) is 49.0 Å². The van der Waals surface area contributed by atoms with Gasteiger partial charge in [0.2, 0.25) is 0 Å². The Morgan fingerprint density at radius 2 is 1.60 bits per heavy atom. The lowest BCUT2D eigenvalue weighted by atomic mass is 10.1. The Morgan fingerprint density at radius 3 is 2.11 bits per heavy atom. The van der Waals surface area contributed by atoms with E-state index >= 15 is 0 Å². The van der Waals surface area contributed by atoms with Gasteiger partial charge in [0.25, 0.3) is 11.4 Å². The number of aromatic nitrogens is 2. The summed E-state index contributed by atoms with van der Waals surface area (Å²) in [5.41, 5.74) is 9.23. The van der Waals surface area contributed by atoms with Crippen molar-refractivity contribution < 1.29 is 28.3 Å². The van der Waals surface area contributed by atoms with Crippen LogP contribution in [0, 0.1) is 20.2 Å². The van der Waals surface area contributed by atoms with Gasteiger partial charge in [-0.3, -0.25) is 24.4 Å². The van der Waals surface area contributed by atoms with Crippen LogP contribution in [0.3, 0.4) is 0 Å². The highest BCUT2D eigenvalue weighted by molar-refractivity contribution is 7.98. The highest BCUT2D eigenvalue weighted by atomic mass is 32.2. The number of thioether (sulfide) groups is 1. The Morgan fingerprint density at radius 1 is 0.978 bits per heavy atom. The Labute approximate surface area is 266 Å². The van der Waals surface area contributed by atoms with E-state index in [4.69, 9.17) is 19.9 Å². The fourth-order valence-electron chi connectivity index (χ4n) is 4.36. The molecule has 1 atom stereocenters. The van der Waals surface area contributed by atoms with Gasteiger partial charge in [-0.2, -0.15) is 0 Å². The third kappa shape index (κ3) is 9.09. The molecular formula is C29H34N6O8S2.